The number of aromatic hydroxyl groups is 1. The Morgan fingerprint density at radius 1 is 1.06 bits per heavy atom. The number of nitrogens with zero attached hydrogens (tertiary/aromatic N) is 3. The molecule has 1 aromatic carbocycles. The average molecular weight is 483 g/mol. The number of amides is 2. The molecule has 3 heterocycles. The second-order valence-electron chi connectivity index (χ2n) is 9.86. The lowest BCUT2D eigenvalue weighted by Crippen LogP contribution is -2.61. The number of pyridine rings is 1. The van der Waals surface area contributed by atoms with Gasteiger partial charge in [0.1, 0.15) is 17.5 Å². The normalized spacial score (nSPS) is 20.9. The number of carbonyl (C=O) groups excluding carboxylic acids is 2. The summed E-state index contributed by atoms with van der Waals surface area (Å²) in [6.07, 6.45) is 8.28. The molecule has 1 unspecified atom stereocenters. The van der Waals surface area contributed by atoms with Gasteiger partial charge in [-0.05, 0) is 42.9 Å². The van der Waals surface area contributed by atoms with Gasteiger partial charge in [-0.25, -0.2) is 4.39 Å². The quantitative estimate of drug-likeness (QED) is 0.684. The third kappa shape index (κ3) is 4.69. The molecule has 3 aliphatic rings. The van der Waals surface area contributed by atoms with E-state index in [2.05, 4.69) is 10.2 Å². The number of aromatic nitrogens is 1. The molecular formula is C26H31FN4O4. The van der Waals surface area contributed by atoms with Gasteiger partial charge in [-0.2, -0.15) is 0 Å². The summed E-state index contributed by atoms with van der Waals surface area (Å²) in [5.74, 6) is -1.47. The fraction of sp³-hybridized carbons (Fsp3) is 0.500. The predicted octanol–water partition coefficient (Wildman–Crippen LogP) is 2.69. The topological polar surface area (TPSA) is 94.9 Å². The van der Waals surface area contributed by atoms with E-state index in [1.807, 2.05) is 0 Å². The first-order valence-corrected chi connectivity index (χ1v) is 12.5. The van der Waals surface area contributed by atoms with Gasteiger partial charge in [0.15, 0.2) is 11.4 Å². The van der Waals surface area contributed by atoms with Crippen LogP contribution in [0.1, 0.15) is 64.9 Å². The molecule has 2 amide bonds. The Balaban J connectivity index is 1.38. The van der Waals surface area contributed by atoms with Crippen molar-refractivity contribution in [3.63, 3.8) is 0 Å². The highest BCUT2D eigenvalue weighted by atomic mass is 19.1. The Bertz CT molecular complexity index is 1170. The van der Waals surface area contributed by atoms with Crippen molar-refractivity contribution in [2.45, 2.75) is 57.8 Å². The highest BCUT2D eigenvalue weighted by molar-refractivity contribution is 5.99. The standard InChI is InChI=1S/C26H31FN4O4/c27-19-9-7-17(8-10-19)13-28-25(34)20-15-30-16-21-29(14-18-5-2-1-3-6-18)11-4-12-31(21)26(35)22(30)24(33)23(20)32/h7-10,15,18,21,33H,1-6,11-14,16H2,(H,28,34). The van der Waals surface area contributed by atoms with Crippen molar-refractivity contribution in [1.82, 2.24) is 19.7 Å². The van der Waals surface area contributed by atoms with Crippen molar-refractivity contribution in [2.24, 2.45) is 5.92 Å². The van der Waals surface area contributed by atoms with E-state index >= 15 is 0 Å². The lowest BCUT2D eigenvalue weighted by atomic mass is 9.88. The fourth-order valence-electron chi connectivity index (χ4n) is 5.68. The van der Waals surface area contributed by atoms with Crippen LogP contribution in [0.25, 0.3) is 0 Å². The highest BCUT2D eigenvalue weighted by Gasteiger charge is 2.41. The van der Waals surface area contributed by atoms with Gasteiger partial charge in [0.25, 0.3) is 11.8 Å². The third-order valence-corrected chi connectivity index (χ3v) is 7.53. The van der Waals surface area contributed by atoms with E-state index < -0.39 is 17.1 Å². The van der Waals surface area contributed by atoms with Crippen LogP contribution in [0, 0.1) is 11.7 Å². The maximum Gasteiger partial charge on any atom is 0.275 e. The molecule has 1 saturated heterocycles. The minimum absolute atomic E-state index is 0.0548. The molecular weight excluding hydrogens is 451 g/mol. The van der Waals surface area contributed by atoms with Crippen molar-refractivity contribution in [3.05, 3.63) is 63.3 Å². The van der Waals surface area contributed by atoms with E-state index in [4.69, 9.17) is 0 Å². The van der Waals surface area contributed by atoms with Crippen LogP contribution >= 0.6 is 0 Å². The van der Waals surface area contributed by atoms with Crippen LogP contribution in [-0.4, -0.2) is 57.1 Å². The van der Waals surface area contributed by atoms with Crippen LogP contribution in [0.3, 0.4) is 0 Å². The van der Waals surface area contributed by atoms with Crippen molar-refractivity contribution in [2.75, 3.05) is 19.6 Å². The van der Waals surface area contributed by atoms with Crippen LogP contribution in [0.5, 0.6) is 5.75 Å². The van der Waals surface area contributed by atoms with Crippen LogP contribution in [0.2, 0.25) is 0 Å². The highest BCUT2D eigenvalue weighted by Crippen LogP contribution is 2.31. The molecule has 2 aliphatic heterocycles. The van der Waals surface area contributed by atoms with Crippen LogP contribution < -0.4 is 10.7 Å². The molecule has 1 atom stereocenters. The number of rotatable bonds is 5. The summed E-state index contributed by atoms with van der Waals surface area (Å²) in [5, 5.41) is 13.3. The van der Waals surface area contributed by atoms with Gasteiger partial charge in [-0.15, -0.1) is 0 Å². The first-order chi connectivity index (χ1) is 16.9. The maximum atomic E-state index is 13.3. The zero-order valence-corrected chi connectivity index (χ0v) is 19.7. The van der Waals surface area contributed by atoms with Gasteiger partial charge in [-0.1, -0.05) is 31.4 Å². The second-order valence-corrected chi connectivity index (χ2v) is 9.86. The largest absolute Gasteiger partial charge is 0.503 e. The van der Waals surface area contributed by atoms with E-state index in [0.717, 1.165) is 19.5 Å². The summed E-state index contributed by atoms with van der Waals surface area (Å²) >= 11 is 0. The van der Waals surface area contributed by atoms with Gasteiger partial charge in [0.05, 0.1) is 6.54 Å². The third-order valence-electron chi connectivity index (χ3n) is 7.53. The predicted molar refractivity (Wildman–Crippen MR) is 128 cm³/mol. The summed E-state index contributed by atoms with van der Waals surface area (Å²) in [6.45, 7) is 2.90. The lowest BCUT2D eigenvalue weighted by molar-refractivity contribution is -0.0186. The Morgan fingerprint density at radius 3 is 2.54 bits per heavy atom. The first kappa shape index (κ1) is 23.5. The Kier molecular flexibility index (Phi) is 6.60. The van der Waals surface area contributed by atoms with E-state index in [0.29, 0.717) is 24.6 Å². The number of hydrogen-bond acceptors (Lipinski definition) is 5. The molecule has 2 fully saturated rings. The Morgan fingerprint density at radius 2 is 1.80 bits per heavy atom. The zero-order chi connectivity index (χ0) is 24.5. The molecule has 1 aromatic heterocycles. The van der Waals surface area contributed by atoms with Gasteiger partial charge >= 0.3 is 0 Å². The molecule has 0 bridgehead atoms. The summed E-state index contributed by atoms with van der Waals surface area (Å²) in [5.41, 5.74) is -0.464. The van der Waals surface area contributed by atoms with E-state index in [1.165, 1.54) is 50.4 Å². The molecule has 8 nitrogen and oxygen atoms in total. The van der Waals surface area contributed by atoms with Crippen molar-refractivity contribution >= 4 is 11.8 Å². The van der Waals surface area contributed by atoms with Gasteiger partial charge in [0.2, 0.25) is 5.43 Å². The summed E-state index contributed by atoms with van der Waals surface area (Å²) in [7, 11) is 0. The van der Waals surface area contributed by atoms with Gasteiger partial charge in [0, 0.05) is 32.4 Å². The van der Waals surface area contributed by atoms with Gasteiger partial charge < -0.3 is 19.9 Å². The summed E-state index contributed by atoms with van der Waals surface area (Å²) < 4.78 is 14.7. The van der Waals surface area contributed by atoms with E-state index in [-0.39, 0.29) is 35.7 Å². The summed E-state index contributed by atoms with van der Waals surface area (Å²) in [4.78, 5) is 43.1. The lowest BCUT2D eigenvalue weighted by Gasteiger charge is -2.48. The smallest absolute Gasteiger partial charge is 0.275 e. The number of carbonyl (C=O) groups is 2. The number of benzene rings is 1. The molecule has 35 heavy (non-hydrogen) atoms. The molecule has 2 aromatic rings. The summed E-state index contributed by atoms with van der Waals surface area (Å²) in [6, 6.07) is 5.68. The average Bonchev–Trinajstić information content (AvgIpc) is 2.87. The van der Waals surface area contributed by atoms with Crippen molar-refractivity contribution in [1.29, 1.82) is 0 Å². The second kappa shape index (κ2) is 9.81. The molecule has 0 radical (unpaired) electrons. The molecule has 1 saturated carbocycles. The van der Waals surface area contributed by atoms with Crippen LogP contribution in [-0.2, 0) is 13.1 Å². The Labute approximate surface area is 203 Å². The SMILES string of the molecule is O=C(NCc1ccc(F)cc1)c1cn2c(c(O)c1=O)C(=O)N1CCCN(CC3CCCCC3)C1C2. The minimum atomic E-state index is -0.865. The first-order valence-electron chi connectivity index (χ1n) is 12.5. The minimum Gasteiger partial charge on any atom is -0.503 e. The Hall–Kier alpha value is -3.20. The zero-order valence-electron chi connectivity index (χ0n) is 19.7. The van der Waals surface area contributed by atoms with E-state index in [9.17, 15) is 23.9 Å². The molecule has 1 aliphatic carbocycles. The molecule has 2 N–H and O–H groups in total. The fourth-order valence-corrected chi connectivity index (χ4v) is 5.68. The number of nitrogens with one attached hydrogen (secondary N) is 1. The van der Waals surface area contributed by atoms with Crippen molar-refractivity contribution < 1.29 is 19.1 Å². The number of hydrogen-bond donors (Lipinski definition) is 2. The van der Waals surface area contributed by atoms with E-state index in [1.54, 1.807) is 21.6 Å². The molecule has 186 valence electrons. The monoisotopic (exact) mass is 482 g/mol. The molecule has 5 rings (SSSR count). The molecule has 0 spiro atoms. The maximum absolute atomic E-state index is 13.3. The number of fused-ring (bicyclic) bond motifs is 2. The van der Waals surface area contributed by atoms with Gasteiger partial charge in [-0.3, -0.25) is 19.3 Å². The molecule has 9 heteroatoms. The van der Waals surface area contributed by atoms with Crippen LogP contribution in [0.4, 0.5) is 4.39 Å². The van der Waals surface area contributed by atoms with Crippen molar-refractivity contribution in [3.8, 4) is 5.75 Å². The number of halogens is 1. The van der Waals surface area contributed by atoms with Crippen LogP contribution in [0.15, 0.2) is 35.3 Å².